The molecule has 4 nitrogen and oxygen atoms in total. The zero-order valence-electron chi connectivity index (χ0n) is 9.20. The van der Waals surface area contributed by atoms with Gasteiger partial charge in [-0.2, -0.15) is 0 Å². The van der Waals surface area contributed by atoms with Gasteiger partial charge in [-0.1, -0.05) is 11.8 Å². The molecule has 0 aliphatic heterocycles. The average molecular weight is 338 g/mol. The third-order valence-electron chi connectivity index (χ3n) is 1.99. The van der Waals surface area contributed by atoms with Crippen LogP contribution in [0.5, 0.6) is 0 Å². The van der Waals surface area contributed by atoms with E-state index < -0.39 is 13.0 Å². The van der Waals surface area contributed by atoms with E-state index in [1.165, 1.54) is 11.8 Å². The van der Waals surface area contributed by atoms with Gasteiger partial charge in [-0.25, -0.2) is 18.7 Å². The highest BCUT2D eigenvalue weighted by atomic mass is 79.9. The number of nitrogens with zero attached hydrogens (tertiary/aromatic N) is 2. The molecule has 0 unspecified atom stereocenters. The monoisotopic (exact) mass is 337 g/mol. The van der Waals surface area contributed by atoms with E-state index in [9.17, 15) is 8.78 Å². The first-order valence-electron chi connectivity index (χ1n) is 5.15. The summed E-state index contributed by atoms with van der Waals surface area (Å²) in [6.45, 7) is -0.252. The summed E-state index contributed by atoms with van der Waals surface area (Å²) in [6, 6.07) is 1.88. The van der Waals surface area contributed by atoms with Crippen molar-refractivity contribution in [1.29, 1.82) is 0 Å². The van der Waals surface area contributed by atoms with Gasteiger partial charge in [0, 0.05) is 16.4 Å². The standard InChI is InChI=1S/C10H10BrF2N3OS/c11-6-3-7-9(14-4-6)16-10(15-7)18-2-1-17-5-8(12)13/h3-4,8H,1-2,5H2,(H,14,15,16). The van der Waals surface area contributed by atoms with Crippen molar-refractivity contribution in [3.8, 4) is 0 Å². The summed E-state index contributed by atoms with van der Waals surface area (Å²) in [5, 5.41) is 0.705. The molecule has 18 heavy (non-hydrogen) atoms. The molecule has 0 aliphatic rings. The minimum atomic E-state index is -2.41. The number of hydrogen-bond acceptors (Lipinski definition) is 4. The van der Waals surface area contributed by atoms with Crippen molar-refractivity contribution in [2.75, 3.05) is 19.0 Å². The normalized spacial score (nSPS) is 11.6. The quantitative estimate of drug-likeness (QED) is 0.650. The number of fused-ring (bicyclic) bond motifs is 1. The van der Waals surface area contributed by atoms with Crippen molar-refractivity contribution in [1.82, 2.24) is 15.0 Å². The number of ether oxygens (including phenoxy) is 1. The van der Waals surface area contributed by atoms with Gasteiger partial charge in [0.05, 0.1) is 12.1 Å². The molecule has 0 amide bonds. The lowest BCUT2D eigenvalue weighted by atomic mass is 10.4. The Bertz CT molecular complexity index is 523. The van der Waals surface area contributed by atoms with Gasteiger partial charge in [0.15, 0.2) is 10.8 Å². The summed E-state index contributed by atoms with van der Waals surface area (Å²) < 4.78 is 29.2. The molecule has 0 saturated heterocycles. The van der Waals surface area contributed by atoms with E-state index in [1.54, 1.807) is 6.20 Å². The molecule has 1 N–H and O–H groups in total. The number of pyridine rings is 1. The van der Waals surface area contributed by atoms with Gasteiger partial charge in [0.2, 0.25) is 0 Å². The molecule has 0 aromatic carbocycles. The number of aromatic amines is 1. The average Bonchev–Trinajstić information content (AvgIpc) is 2.70. The van der Waals surface area contributed by atoms with Crippen molar-refractivity contribution < 1.29 is 13.5 Å². The summed E-state index contributed by atoms with van der Waals surface area (Å²) in [4.78, 5) is 11.5. The molecule has 0 saturated carbocycles. The van der Waals surface area contributed by atoms with Crippen LogP contribution in [0.15, 0.2) is 21.9 Å². The molecular formula is C10H10BrF2N3OS. The highest BCUT2D eigenvalue weighted by molar-refractivity contribution is 9.10. The second-order valence-electron chi connectivity index (χ2n) is 3.38. The van der Waals surface area contributed by atoms with Crippen molar-refractivity contribution >= 4 is 38.9 Å². The Hall–Kier alpha value is -0.730. The maximum absolute atomic E-state index is 11.8. The number of alkyl halides is 2. The third kappa shape index (κ3) is 3.89. The Kier molecular flexibility index (Phi) is 4.90. The van der Waals surface area contributed by atoms with Crippen LogP contribution in [0.1, 0.15) is 0 Å². The van der Waals surface area contributed by atoms with Gasteiger partial charge in [0.25, 0.3) is 6.43 Å². The van der Waals surface area contributed by atoms with Crippen LogP contribution in [0.4, 0.5) is 8.78 Å². The molecule has 0 atom stereocenters. The third-order valence-corrected chi connectivity index (χ3v) is 3.26. The molecular weight excluding hydrogens is 328 g/mol. The molecule has 0 aliphatic carbocycles. The van der Waals surface area contributed by atoms with Crippen LogP contribution in [0.25, 0.3) is 11.2 Å². The van der Waals surface area contributed by atoms with E-state index in [1.807, 2.05) is 6.07 Å². The summed E-state index contributed by atoms with van der Waals surface area (Å²) in [6.07, 6.45) is -0.744. The number of imidazole rings is 1. The molecule has 2 rings (SSSR count). The summed E-state index contributed by atoms with van der Waals surface area (Å²) >= 11 is 4.73. The molecule has 8 heteroatoms. The van der Waals surface area contributed by atoms with Crippen LogP contribution in [0, 0.1) is 0 Å². The zero-order chi connectivity index (χ0) is 13.0. The van der Waals surface area contributed by atoms with Gasteiger partial charge >= 0.3 is 0 Å². The number of halogens is 3. The van der Waals surface area contributed by atoms with E-state index in [0.29, 0.717) is 16.6 Å². The minimum Gasteiger partial charge on any atom is -0.375 e. The van der Waals surface area contributed by atoms with Crippen molar-refractivity contribution in [3.63, 3.8) is 0 Å². The summed E-state index contributed by atoms with van der Waals surface area (Å²) in [5.41, 5.74) is 1.47. The Labute approximate surface area is 115 Å². The molecule has 2 heterocycles. The first-order chi connectivity index (χ1) is 8.65. The maximum atomic E-state index is 11.8. The first kappa shape index (κ1) is 13.7. The van der Waals surface area contributed by atoms with Gasteiger partial charge in [0.1, 0.15) is 6.61 Å². The number of hydrogen-bond donors (Lipinski definition) is 1. The Morgan fingerprint density at radius 2 is 2.33 bits per heavy atom. The molecule has 2 aromatic heterocycles. The summed E-state index contributed by atoms with van der Waals surface area (Å²) in [7, 11) is 0. The van der Waals surface area contributed by atoms with Gasteiger partial charge < -0.3 is 9.72 Å². The minimum absolute atomic E-state index is 0.267. The van der Waals surface area contributed by atoms with Crippen LogP contribution in [0.2, 0.25) is 0 Å². The number of nitrogens with one attached hydrogen (secondary N) is 1. The van der Waals surface area contributed by atoms with Crippen LogP contribution >= 0.6 is 27.7 Å². The number of thioether (sulfide) groups is 1. The van der Waals surface area contributed by atoms with E-state index in [4.69, 9.17) is 4.74 Å². The second kappa shape index (κ2) is 6.44. The van der Waals surface area contributed by atoms with Crippen LogP contribution in [0.3, 0.4) is 0 Å². The van der Waals surface area contributed by atoms with Crippen molar-refractivity contribution in [3.05, 3.63) is 16.7 Å². The zero-order valence-corrected chi connectivity index (χ0v) is 11.6. The number of H-pyrrole nitrogens is 1. The molecule has 0 bridgehead atoms. The number of aromatic nitrogens is 3. The Morgan fingerprint density at radius 1 is 1.50 bits per heavy atom. The topological polar surface area (TPSA) is 50.8 Å². The van der Waals surface area contributed by atoms with Gasteiger partial charge in [-0.05, 0) is 22.0 Å². The van der Waals surface area contributed by atoms with E-state index in [2.05, 4.69) is 30.9 Å². The summed E-state index contributed by atoms with van der Waals surface area (Å²) in [5.74, 6) is 0.563. The fraction of sp³-hybridized carbons (Fsp3) is 0.400. The van der Waals surface area contributed by atoms with Crippen molar-refractivity contribution in [2.24, 2.45) is 0 Å². The highest BCUT2D eigenvalue weighted by Gasteiger charge is 2.05. The largest absolute Gasteiger partial charge is 0.375 e. The molecule has 98 valence electrons. The number of rotatable bonds is 6. The fourth-order valence-electron chi connectivity index (χ4n) is 1.29. The smallest absolute Gasteiger partial charge is 0.261 e. The lowest BCUT2D eigenvalue weighted by Gasteiger charge is -2.01. The van der Waals surface area contributed by atoms with E-state index in [-0.39, 0.29) is 6.61 Å². The lowest BCUT2D eigenvalue weighted by Crippen LogP contribution is -2.06. The van der Waals surface area contributed by atoms with Crippen molar-refractivity contribution in [2.45, 2.75) is 11.6 Å². The van der Waals surface area contributed by atoms with Gasteiger partial charge in [-0.15, -0.1) is 0 Å². The lowest BCUT2D eigenvalue weighted by molar-refractivity contribution is 0.0237. The van der Waals surface area contributed by atoms with Crippen LogP contribution in [-0.4, -0.2) is 40.3 Å². The van der Waals surface area contributed by atoms with E-state index in [0.717, 1.165) is 9.99 Å². The second-order valence-corrected chi connectivity index (χ2v) is 5.38. The Morgan fingerprint density at radius 3 is 3.11 bits per heavy atom. The first-order valence-corrected chi connectivity index (χ1v) is 6.93. The molecule has 0 radical (unpaired) electrons. The van der Waals surface area contributed by atoms with Crippen LogP contribution < -0.4 is 0 Å². The molecule has 2 aromatic rings. The van der Waals surface area contributed by atoms with E-state index >= 15 is 0 Å². The predicted octanol–water partition coefficient (Wildman–Crippen LogP) is 3.09. The Balaban J connectivity index is 1.84. The van der Waals surface area contributed by atoms with Gasteiger partial charge in [-0.3, -0.25) is 0 Å². The molecule has 0 spiro atoms. The molecule has 0 fully saturated rings. The fourth-order valence-corrected chi connectivity index (χ4v) is 2.35. The predicted molar refractivity (Wildman–Crippen MR) is 69.1 cm³/mol. The SMILES string of the molecule is FC(F)COCCSc1nc2ncc(Br)cc2[nH]1. The maximum Gasteiger partial charge on any atom is 0.261 e. The highest BCUT2D eigenvalue weighted by Crippen LogP contribution is 2.20. The van der Waals surface area contributed by atoms with Crippen LogP contribution in [-0.2, 0) is 4.74 Å².